The molecule has 2 aromatic carbocycles. The normalized spacial score (nSPS) is 10.5. The third-order valence-corrected chi connectivity index (χ3v) is 3.74. The fraction of sp³-hybridized carbons (Fsp3) is 0.167. The van der Waals surface area contributed by atoms with Crippen molar-refractivity contribution in [3.8, 4) is 17.2 Å². The van der Waals surface area contributed by atoms with Crippen LogP contribution in [0.5, 0.6) is 5.75 Å². The third-order valence-electron chi connectivity index (χ3n) is 3.54. The van der Waals surface area contributed by atoms with Crippen LogP contribution in [0.15, 0.2) is 46.9 Å². The molecule has 1 aromatic heterocycles. The lowest BCUT2D eigenvalue weighted by molar-refractivity contribution is -0.119. The highest BCUT2D eigenvalue weighted by Gasteiger charge is 2.10. The number of ether oxygens (including phenoxy) is 1. The second kappa shape index (κ2) is 7.31. The van der Waals surface area contributed by atoms with Crippen molar-refractivity contribution in [3.63, 3.8) is 0 Å². The summed E-state index contributed by atoms with van der Waals surface area (Å²) >= 11 is 5.11. The van der Waals surface area contributed by atoms with E-state index in [2.05, 4.69) is 15.6 Å². The molecule has 3 aromatic rings. The van der Waals surface area contributed by atoms with Gasteiger partial charge in [0.15, 0.2) is 10.7 Å². The second-order valence-corrected chi connectivity index (χ2v) is 5.70. The van der Waals surface area contributed by atoms with Crippen LogP contribution in [0.3, 0.4) is 0 Å². The van der Waals surface area contributed by atoms with Crippen LogP contribution in [0.2, 0.25) is 0 Å². The standard InChI is InChI=1S/C18H17N3O3S/c1-3-16(22)21-18(25)19-12-7-8-15-14(10-12)20-17(24-15)11-5-4-6-13(9-11)23-2/h4-10H,3H2,1-2H3,(H2,19,21,22,25). The number of nitrogens with one attached hydrogen (secondary N) is 2. The van der Waals surface area contributed by atoms with Crippen molar-refractivity contribution in [3.05, 3.63) is 42.5 Å². The lowest BCUT2D eigenvalue weighted by Crippen LogP contribution is -2.33. The first-order valence-electron chi connectivity index (χ1n) is 7.75. The average Bonchev–Trinajstić information content (AvgIpc) is 3.05. The van der Waals surface area contributed by atoms with Crippen molar-refractivity contribution in [2.75, 3.05) is 12.4 Å². The molecule has 0 spiro atoms. The number of rotatable bonds is 4. The molecule has 1 heterocycles. The second-order valence-electron chi connectivity index (χ2n) is 5.29. The number of benzene rings is 2. The van der Waals surface area contributed by atoms with E-state index in [1.807, 2.05) is 36.4 Å². The molecular formula is C18H17N3O3S. The summed E-state index contributed by atoms with van der Waals surface area (Å²) in [7, 11) is 1.61. The maximum atomic E-state index is 11.4. The Labute approximate surface area is 150 Å². The van der Waals surface area contributed by atoms with Gasteiger partial charge in [0.1, 0.15) is 11.3 Å². The Balaban J connectivity index is 1.84. The number of oxazole rings is 1. The number of carbonyl (C=O) groups is 1. The van der Waals surface area contributed by atoms with E-state index in [1.165, 1.54) is 0 Å². The lowest BCUT2D eigenvalue weighted by Gasteiger charge is -2.08. The van der Waals surface area contributed by atoms with Gasteiger partial charge in [-0.1, -0.05) is 13.0 Å². The van der Waals surface area contributed by atoms with Crippen molar-refractivity contribution < 1.29 is 13.9 Å². The average molecular weight is 355 g/mol. The zero-order valence-electron chi connectivity index (χ0n) is 13.8. The Morgan fingerprint density at radius 3 is 2.88 bits per heavy atom. The van der Waals surface area contributed by atoms with E-state index < -0.39 is 0 Å². The van der Waals surface area contributed by atoms with Gasteiger partial charge in [-0.25, -0.2) is 4.98 Å². The largest absolute Gasteiger partial charge is 0.497 e. The number of anilines is 1. The SMILES string of the molecule is CCC(=O)NC(=S)Nc1ccc2oc(-c3cccc(OC)c3)nc2c1. The third kappa shape index (κ3) is 3.95. The molecule has 2 N–H and O–H groups in total. The molecule has 0 fully saturated rings. The number of fused-ring (bicyclic) bond motifs is 1. The molecule has 0 unspecified atom stereocenters. The monoisotopic (exact) mass is 355 g/mol. The molecule has 6 nitrogen and oxygen atoms in total. The van der Waals surface area contributed by atoms with Gasteiger partial charge in [0.2, 0.25) is 11.8 Å². The fourth-order valence-corrected chi connectivity index (χ4v) is 2.49. The lowest BCUT2D eigenvalue weighted by atomic mass is 10.2. The van der Waals surface area contributed by atoms with Crippen LogP contribution in [0.4, 0.5) is 5.69 Å². The minimum atomic E-state index is -0.139. The summed E-state index contributed by atoms with van der Waals surface area (Å²) in [5.41, 5.74) is 2.90. The summed E-state index contributed by atoms with van der Waals surface area (Å²) in [5, 5.41) is 5.81. The molecule has 25 heavy (non-hydrogen) atoms. The van der Waals surface area contributed by atoms with E-state index in [9.17, 15) is 4.79 Å². The predicted octanol–water partition coefficient (Wildman–Crippen LogP) is 3.73. The molecule has 128 valence electrons. The van der Waals surface area contributed by atoms with E-state index in [0.717, 1.165) is 17.0 Å². The minimum Gasteiger partial charge on any atom is -0.497 e. The van der Waals surface area contributed by atoms with Crippen LogP contribution >= 0.6 is 12.2 Å². The number of hydrogen-bond donors (Lipinski definition) is 2. The molecule has 0 saturated carbocycles. The van der Waals surface area contributed by atoms with Gasteiger partial charge < -0.3 is 19.8 Å². The van der Waals surface area contributed by atoms with Gasteiger partial charge in [0.05, 0.1) is 7.11 Å². The summed E-state index contributed by atoms with van der Waals surface area (Å²) in [4.78, 5) is 15.9. The van der Waals surface area contributed by atoms with E-state index in [-0.39, 0.29) is 11.0 Å². The van der Waals surface area contributed by atoms with E-state index in [1.54, 1.807) is 20.1 Å². The molecule has 0 aliphatic carbocycles. The van der Waals surface area contributed by atoms with Crippen molar-refractivity contribution in [1.29, 1.82) is 0 Å². The first-order valence-corrected chi connectivity index (χ1v) is 8.15. The molecule has 3 rings (SSSR count). The molecule has 0 radical (unpaired) electrons. The van der Waals surface area contributed by atoms with Crippen molar-refractivity contribution in [2.24, 2.45) is 0 Å². The Morgan fingerprint density at radius 2 is 2.12 bits per heavy atom. The zero-order valence-corrected chi connectivity index (χ0v) is 14.6. The van der Waals surface area contributed by atoms with Crippen LogP contribution < -0.4 is 15.4 Å². The van der Waals surface area contributed by atoms with Crippen molar-refractivity contribution in [1.82, 2.24) is 10.3 Å². The number of aromatic nitrogens is 1. The smallest absolute Gasteiger partial charge is 0.227 e. The Bertz CT molecular complexity index is 936. The number of amides is 1. The van der Waals surface area contributed by atoms with Gasteiger partial charge in [-0.2, -0.15) is 0 Å². The zero-order chi connectivity index (χ0) is 17.8. The number of carbonyl (C=O) groups excluding carboxylic acids is 1. The summed E-state index contributed by atoms with van der Waals surface area (Å²) in [6.07, 6.45) is 0.369. The highest BCUT2D eigenvalue weighted by atomic mass is 32.1. The first kappa shape index (κ1) is 16.9. The summed E-state index contributed by atoms with van der Waals surface area (Å²) < 4.78 is 11.0. The molecular weight excluding hydrogens is 338 g/mol. The van der Waals surface area contributed by atoms with Crippen LogP contribution in [0.25, 0.3) is 22.6 Å². The van der Waals surface area contributed by atoms with Gasteiger partial charge in [-0.15, -0.1) is 0 Å². The number of thiocarbonyl (C=S) groups is 1. The van der Waals surface area contributed by atoms with Crippen LogP contribution in [-0.4, -0.2) is 23.1 Å². The topological polar surface area (TPSA) is 76.4 Å². The molecule has 1 amide bonds. The molecule has 0 aliphatic heterocycles. The van der Waals surface area contributed by atoms with Gasteiger partial charge in [0, 0.05) is 17.7 Å². The number of nitrogens with zero attached hydrogens (tertiary/aromatic N) is 1. The Hall–Kier alpha value is -2.93. The number of hydrogen-bond acceptors (Lipinski definition) is 5. The van der Waals surface area contributed by atoms with E-state index in [0.29, 0.717) is 23.4 Å². The quantitative estimate of drug-likeness (QED) is 0.695. The Kier molecular flexibility index (Phi) is 4.95. The van der Waals surface area contributed by atoms with Gasteiger partial charge in [-0.3, -0.25) is 4.79 Å². The van der Waals surface area contributed by atoms with Gasteiger partial charge in [0.25, 0.3) is 0 Å². The van der Waals surface area contributed by atoms with Crippen LogP contribution in [-0.2, 0) is 4.79 Å². The molecule has 7 heteroatoms. The molecule has 0 aliphatic rings. The van der Waals surface area contributed by atoms with Crippen LogP contribution in [0, 0.1) is 0 Å². The molecule has 0 atom stereocenters. The molecule has 0 bridgehead atoms. The Morgan fingerprint density at radius 1 is 1.28 bits per heavy atom. The predicted molar refractivity (Wildman–Crippen MR) is 101 cm³/mol. The van der Waals surface area contributed by atoms with E-state index >= 15 is 0 Å². The molecule has 0 saturated heterocycles. The maximum absolute atomic E-state index is 11.4. The van der Waals surface area contributed by atoms with Crippen LogP contribution in [0.1, 0.15) is 13.3 Å². The van der Waals surface area contributed by atoms with Crippen molar-refractivity contribution in [2.45, 2.75) is 13.3 Å². The summed E-state index contributed by atoms with van der Waals surface area (Å²) in [5.74, 6) is 1.10. The van der Waals surface area contributed by atoms with Gasteiger partial charge >= 0.3 is 0 Å². The highest BCUT2D eigenvalue weighted by molar-refractivity contribution is 7.80. The highest BCUT2D eigenvalue weighted by Crippen LogP contribution is 2.28. The summed E-state index contributed by atoms with van der Waals surface area (Å²) in [6, 6.07) is 12.9. The minimum absolute atomic E-state index is 0.139. The maximum Gasteiger partial charge on any atom is 0.227 e. The van der Waals surface area contributed by atoms with Gasteiger partial charge in [-0.05, 0) is 48.6 Å². The van der Waals surface area contributed by atoms with E-state index in [4.69, 9.17) is 21.4 Å². The first-order chi connectivity index (χ1) is 12.1. The number of methoxy groups -OCH3 is 1. The fourth-order valence-electron chi connectivity index (χ4n) is 2.26. The summed E-state index contributed by atoms with van der Waals surface area (Å²) in [6.45, 7) is 1.76. The van der Waals surface area contributed by atoms with Crippen molar-refractivity contribution >= 4 is 40.0 Å².